The third kappa shape index (κ3) is 1.57. The molecule has 0 amide bonds. The smallest absolute Gasteiger partial charge is 0.0947 e. The highest BCUT2D eigenvalue weighted by Gasteiger charge is 2.25. The molecule has 0 bridgehead atoms. The van der Waals surface area contributed by atoms with Gasteiger partial charge in [-0.15, -0.1) is 0 Å². The Labute approximate surface area is 78.5 Å². The van der Waals surface area contributed by atoms with Crippen molar-refractivity contribution in [2.75, 3.05) is 0 Å². The van der Waals surface area contributed by atoms with Gasteiger partial charge in [0.05, 0.1) is 11.9 Å². The lowest BCUT2D eigenvalue weighted by Gasteiger charge is -2.13. The number of hydrogen-bond acceptors (Lipinski definition) is 2. The van der Waals surface area contributed by atoms with Crippen molar-refractivity contribution in [1.29, 1.82) is 0 Å². The highest BCUT2D eigenvalue weighted by molar-refractivity contribution is 5.83. The first-order valence-corrected chi connectivity index (χ1v) is 4.64. The van der Waals surface area contributed by atoms with Gasteiger partial charge in [0, 0.05) is 12.3 Å². The van der Waals surface area contributed by atoms with Crippen LogP contribution >= 0.6 is 0 Å². The molecule has 0 fully saturated rings. The first kappa shape index (κ1) is 8.30. The Balaban J connectivity index is 2.21. The molecular weight excluding hydrogens is 160 g/mol. The molecule has 68 valence electrons. The molecule has 13 heavy (non-hydrogen) atoms. The van der Waals surface area contributed by atoms with Crippen LogP contribution in [0.25, 0.3) is 0 Å². The number of rotatable bonds is 1. The fraction of sp³-hybridized carbons (Fsp3) is 0.364. The third-order valence-corrected chi connectivity index (χ3v) is 2.61. The maximum absolute atomic E-state index is 5.70. The van der Waals surface area contributed by atoms with Gasteiger partial charge in [-0.3, -0.25) is 4.99 Å². The molecule has 0 spiro atoms. The molecule has 1 aromatic carbocycles. The fourth-order valence-corrected chi connectivity index (χ4v) is 1.90. The van der Waals surface area contributed by atoms with Gasteiger partial charge in [-0.2, -0.15) is 0 Å². The van der Waals surface area contributed by atoms with Crippen LogP contribution in [0.1, 0.15) is 24.8 Å². The summed E-state index contributed by atoms with van der Waals surface area (Å²) >= 11 is 0. The van der Waals surface area contributed by atoms with Gasteiger partial charge >= 0.3 is 0 Å². The quantitative estimate of drug-likeness (QED) is 0.694. The van der Waals surface area contributed by atoms with Gasteiger partial charge in [0.2, 0.25) is 0 Å². The summed E-state index contributed by atoms with van der Waals surface area (Å²) in [5.74, 6) is 1.28. The molecule has 2 rings (SSSR count). The minimum Gasteiger partial charge on any atom is -0.387 e. The summed E-state index contributed by atoms with van der Waals surface area (Å²) in [6.45, 7) is 2.12. The SMILES string of the molecule is C[C@H]1N=C(N)C[C@H]1c1ccccc1. The Morgan fingerprint density at radius 2 is 2.00 bits per heavy atom. The molecule has 1 aliphatic rings. The highest BCUT2D eigenvalue weighted by atomic mass is 14.9. The topological polar surface area (TPSA) is 38.4 Å². The molecule has 1 aromatic rings. The zero-order chi connectivity index (χ0) is 9.26. The van der Waals surface area contributed by atoms with E-state index in [0.717, 1.165) is 12.3 Å². The Morgan fingerprint density at radius 1 is 1.31 bits per heavy atom. The first-order valence-electron chi connectivity index (χ1n) is 4.64. The van der Waals surface area contributed by atoms with E-state index in [4.69, 9.17) is 5.73 Å². The number of nitrogens with two attached hydrogens (primary N) is 1. The third-order valence-electron chi connectivity index (χ3n) is 2.61. The van der Waals surface area contributed by atoms with Crippen LogP contribution in [0.5, 0.6) is 0 Å². The molecule has 0 aliphatic carbocycles. The van der Waals surface area contributed by atoms with Crippen LogP contribution in [0, 0.1) is 0 Å². The summed E-state index contributed by atoms with van der Waals surface area (Å²) in [5, 5.41) is 0. The van der Waals surface area contributed by atoms with Gasteiger partial charge in [0.25, 0.3) is 0 Å². The first-order chi connectivity index (χ1) is 6.27. The van der Waals surface area contributed by atoms with Crippen molar-refractivity contribution < 1.29 is 0 Å². The van der Waals surface area contributed by atoms with Crippen molar-refractivity contribution in [3.63, 3.8) is 0 Å². The number of aliphatic imine (C=N–C) groups is 1. The van der Waals surface area contributed by atoms with Crippen LogP contribution in [0.3, 0.4) is 0 Å². The Kier molecular flexibility index (Phi) is 2.05. The van der Waals surface area contributed by atoms with Crippen LogP contribution in [0.4, 0.5) is 0 Å². The summed E-state index contributed by atoms with van der Waals surface area (Å²) < 4.78 is 0. The minimum atomic E-state index is 0.336. The van der Waals surface area contributed by atoms with E-state index in [9.17, 15) is 0 Å². The molecule has 2 heteroatoms. The molecule has 0 radical (unpaired) electrons. The Hall–Kier alpha value is -1.31. The number of hydrogen-bond donors (Lipinski definition) is 1. The van der Waals surface area contributed by atoms with E-state index in [-0.39, 0.29) is 0 Å². The van der Waals surface area contributed by atoms with Crippen molar-refractivity contribution in [2.45, 2.75) is 25.3 Å². The normalized spacial score (nSPS) is 27.3. The molecule has 2 atom stereocenters. The summed E-state index contributed by atoms with van der Waals surface area (Å²) in [7, 11) is 0. The Bertz CT molecular complexity index is 316. The molecule has 2 N–H and O–H groups in total. The van der Waals surface area contributed by atoms with E-state index in [2.05, 4.69) is 36.2 Å². The molecular formula is C11H14N2. The summed E-state index contributed by atoms with van der Waals surface area (Å²) in [6.07, 6.45) is 0.908. The molecule has 0 unspecified atom stereocenters. The molecule has 1 aliphatic heterocycles. The lowest BCUT2D eigenvalue weighted by molar-refractivity contribution is 0.628. The lowest BCUT2D eigenvalue weighted by Crippen LogP contribution is -2.10. The van der Waals surface area contributed by atoms with Crippen molar-refractivity contribution in [3.05, 3.63) is 35.9 Å². The second kappa shape index (κ2) is 3.21. The van der Waals surface area contributed by atoms with Gasteiger partial charge in [-0.1, -0.05) is 30.3 Å². The van der Waals surface area contributed by atoms with E-state index in [0.29, 0.717) is 12.0 Å². The average molecular weight is 174 g/mol. The second-order valence-corrected chi connectivity index (χ2v) is 3.58. The van der Waals surface area contributed by atoms with Crippen LogP contribution in [0.2, 0.25) is 0 Å². The van der Waals surface area contributed by atoms with Gasteiger partial charge in [-0.25, -0.2) is 0 Å². The van der Waals surface area contributed by atoms with Crippen LogP contribution in [0.15, 0.2) is 35.3 Å². The molecule has 0 saturated heterocycles. The zero-order valence-corrected chi connectivity index (χ0v) is 7.77. The average Bonchev–Trinajstić information content (AvgIpc) is 2.47. The minimum absolute atomic E-state index is 0.336. The number of benzene rings is 1. The highest BCUT2D eigenvalue weighted by Crippen LogP contribution is 2.29. The largest absolute Gasteiger partial charge is 0.387 e. The van der Waals surface area contributed by atoms with Gasteiger partial charge in [0.1, 0.15) is 0 Å². The molecule has 1 heterocycles. The lowest BCUT2D eigenvalue weighted by atomic mass is 9.92. The van der Waals surface area contributed by atoms with E-state index < -0.39 is 0 Å². The molecule has 2 nitrogen and oxygen atoms in total. The van der Waals surface area contributed by atoms with Crippen LogP contribution < -0.4 is 5.73 Å². The standard InChI is InChI=1S/C11H14N2/c1-8-10(7-11(12)13-8)9-5-3-2-4-6-9/h2-6,8,10H,7H2,1H3,(H2,12,13)/t8-,10-/m1/s1. The fourth-order valence-electron chi connectivity index (χ4n) is 1.90. The van der Waals surface area contributed by atoms with E-state index in [1.54, 1.807) is 0 Å². The number of nitrogens with zero attached hydrogens (tertiary/aromatic N) is 1. The van der Waals surface area contributed by atoms with Gasteiger partial charge in [-0.05, 0) is 12.5 Å². The second-order valence-electron chi connectivity index (χ2n) is 3.58. The van der Waals surface area contributed by atoms with Crippen LogP contribution in [-0.2, 0) is 0 Å². The van der Waals surface area contributed by atoms with E-state index in [1.165, 1.54) is 5.56 Å². The van der Waals surface area contributed by atoms with Crippen molar-refractivity contribution in [2.24, 2.45) is 10.7 Å². The van der Waals surface area contributed by atoms with Gasteiger partial charge < -0.3 is 5.73 Å². The predicted octanol–water partition coefficient (Wildman–Crippen LogP) is 1.92. The number of amidine groups is 1. The van der Waals surface area contributed by atoms with Gasteiger partial charge in [0.15, 0.2) is 0 Å². The van der Waals surface area contributed by atoms with Crippen molar-refractivity contribution in [3.8, 4) is 0 Å². The van der Waals surface area contributed by atoms with E-state index >= 15 is 0 Å². The molecule has 0 aromatic heterocycles. The molecule has 0 saturated carbocycles. The summed E-state index contributed by atoms with van der Waals surface area (Å²) in [5.41, 5.74) is 7.05. The monoisotopic (exact) mass is 174 g/mol. The zero-order valence-electron chi connectivity index (χ0n) is 7.77. The maximum Gasteiger partial charge on any atom is 0.0947 e. The van der Waals surface area contributed by atoms with Crippen LogP contribution in [-0.4, -0.2) is 11.9 Å². The summed E-state index contributed by atoms with van der Waals surface area (Å²) in [4.78, 5) is 4.34. The maximum atomic E-state index is 5.70. The van der Waals surface area contributed by atoms with Crippen molar-refractivity contribution >= 4 is 5.84 Å². The van der Waals surface area contributed by atoms with E-state index in [1.807, 2.05) is 6.07 Å². The van der Waals surface area contributed by atoms with Crippen molar-refractivity contribution in [1.82, 2.24) is 0 Å². The Morgan fingerprint density at radius 3 is 2.54 bits per heavy atom. The predicted molar refractivity (Wildman–Crippen MR) is 54.9 cm³/mol. The summed E-state index contributed by atoms with van der Waals surface area (Å²) in [6, 6.07) is 10.8.